The van der Waals surface area contributed by atoms with E-state index in [-0.39, 0.29) is 36.1 Å². The zero-order chi connectivity index (χ0) is 24.3. The van der Waals surface area contributed by atoms with Gasteiger partial charge in [-0.25, -0.2) is 0 Å². The topological polar surface area (TPSA) is 93.8 Å². The summed E-state index contributed by atoms with van der Waals surface area (Å²) in [5.41, 5.74) is 1.48. The van der Waals surface area contributed by atoms with Gasteiger partial charge in [-0.05, 0) is 29.7 Å². The number of aromatic nitrogens is 4. The molecule has 1 N–H and O–H groups in total. The maximum atomic E-state index is 12.9. The van der Waals surface area contributed by atoms with Crippen molar-refractivity contribution in [3.8, 4) is 22.0 Å². The van der Waals surface area contributed by atoms with Gasteiger partial charge in [0.25, 0.3) is 0 Å². The van der Waals surface area contributed by atoms with Gasteiger partial charge in [0.05, 0.1) is 5.56 Å². The Hall–Kier alpha value is -3.60. The molecule has 0 unspecified atom stereocenters. The monoisotopic (exact) mass is 487 g/mol. The Morgan fingerprint density at radius 1 is 1.03 bits per heavy atom. The van der Waals surface area contributed by atoms with Crippen molar-refractivity contribution >= 4 is 22.4 Å². The van der Waals surface area contributed by atoms with Crippen LogP contribution in [-0.2, 0) is 17.4 Å². The third kappa shape index (κ3) is 5.66. The Balaban J connectivity index is 1.33. The number of alkyl halides is 3. The number of anilines is 1. The number of rotatable bonds is 7. The molecule has 0 aliphatic carbocycles. The molecule has 11 heteroatoms. The van der Waals surface area contributed by atoms with Crippen LogP contribution in [0, 0.1) is 0 Å². The Labute approximate surface area is 197 Å². The van der Waals surface area contributed by atoms with E-state index in [1.807, 2.05) is 24.3 Å². The molecule has 0 saturated carbocycles. The summed E-state index contributed by atoms with van der Waals surface area (Å²) >= 11 is 1.26. The Morgan fingerprint density at radius 2 is 1.79 bits per heavy atom. The van der Waals surface area contributed by atoms with Gasteiger partial charge in [-0.2, -0.15) is 13.2 Å². The largest absolute Gasteiger partial charge is 0.421 e. The lowest BCUT2D eigenvalue weighted by Crippen LogP contribution is -2.12. The fourth-order valence-electron chi connectivity index (χ4n) is 3.10. The van der Waals surface area contributed by atoms with Crippen molar-refractivity contribution in [2.75, 3.05) is 5.32 Å². The molecular weight excluding hydrogens is 467 g/mol. The normalized spacial score (nSPS) is 11.7. The van der Waals surface area contributed by atoms with E-state index in [1.54, 1.807) is 0 Å². The number of nitrogens with one attached hydrogen (secondary N) is 1. The molecule has 4 rings (SSSR count). The quantitative estimate of drug-likeness (QED) is 0.345. The highest BCUT2D eigenvalue weighted by molar-refractivity contribution is 7.18. The number of benzene rings is 2. The maximum absolute atomic E-state index is 12.9. The molecule has 0 fully saturated rings. The van der Waals surface area contributed by atoms with Crippen LogP contribution in [0.5, 0.6) is 0 Å². The highest BCUT2D eigenvalue weighted by atomic mass is 32.1. The third-order valence-corrected chi connectivity index (χ3v) is 5.85. The predicted octanol–water partition coefficient (Wildman–Crippen LogP) is 5.97. The molecule has 0 saturated heterocycles. The predicted molar refractivity (Wildman–Crippen MR) is 121 cm³/mol. The van der Waals surface area contributed by atoms with E-state index in [1.165, 1.54) is 29.0 Å². The average molecular weight is 488 g/mol. The van der Waals surface area contributed by atoms with E-state index in [0.717, 1.165) is 17.7 Å². The first-order chi connectivity index (χ1) is 16.2. The minimum atomic E-state index is -4.47. The van der Waals surface area contributed by atoms with Crippen molar-refractivity contribution in [2.24, 2.45) is 0 Å². The van der Waals surface area contributed by atoms with Crippen molar-refractivity contribution in [1.29, 1.82) is 0 Å². The molecule has 176 valence electrons. The highest BCUT2D eigenvalue weighted by Crippen LogP contribution is 2.32. The number of carbonyl (C=O) groups excluding carboxylic acids is 1. The minimum Gasteiger partial charge on any atom is -0.421 e. The zero-order valence-electron chi connectivity index (χ0n) is 18.3. The molecule has 0 atom stereocenters. The molecule has 34 heavy (non-hydrogen) atoms. The van der Waals surface area contributed by atoms with Crippen LogP contribution in [0.15, 0.2) is 52.9 Å². The van der Waals surface area contributed by atoms with Crippen LogP contribution in [0.2, 0.25) is 0 Å². The molecule has 0 bridgehead atoms. The van der Waals surface area contributed by atoms with Crippen LogP contribution in [0.4, 0.5) is 18.3 Å². The smallest absolute Gasteiger partial charge is 0.416 e. The van der Waals surface area contributed by atoms with E-state index >= 15 is 0 Å². The van der Waals surface area contributed by atoms with Crippen LogP contribution in [-0.4, -0.2) is 26.3 Å². The number of amides is 1. The third-order valence-electron chi connectivity index (χ3n) is 4.97. The summed E-state index contributed by atoms with van der Waals surface area (Å²) in [6.07, 6.45) is -4.32. The van der Waals surface area contributed by atoms with E-state index in [9.17, 15) is 18.0 Å². The number of carbonyl (C=O) groups is 1. The molecule has 0 radical (unpaired) electrons. The number of nitrogens with zero attached hydrogens (tertiary/aromatic N) is 4. The van der Waals surface area contributed by atoms with Crippen molar-refractivity contribution in [2.45, 2.75) is 38.8 Å². The lowest BCUT2D eigenvalue weighted by atomic mass is 10.0. The Bertz CT molecular complexity index is 1280. The average Bonchev–Trinajstić information content (AvgIpc) is 3.47. The van der Waals surface area contributed by atoms with Gasteiger partial charge in [0.15, 0.2) is 0 Å². The number of aryl methyl sites for hydroxylation is 1. The van der Waals surface area contributed by atoms with Gasteiger partial charge in [0, 0.05) is 24.0 Å². The van der Waals surface area contributed by atoms with Crippen molar-refractivity contribution in [1.82, 2.24) is 20.4 Å². The molecule has 2 aromatic heterocycles. The van der Waals surface area contributed by atoms with Crippen molar-refractivity contribution in [3.63, 3.8) is 0 Å². The maximum Gasteiger partial charge on any atom is 0.416 e. The first-order valence-corrected chi connectivity index (χ1v) is 11.2. The summed E-state index contributed by atoms with van der Waals surface area (Å²) in [4.78, 5) is 12.3. The Kier molecular flexibility index (Phi) is 6.73. The lowest BCUT2D eigenvalue weighted by molar-refractivity contribution is -0.137. The van der Waals surface area contributed by atoms with Gasteiger partial charge in [-0.15, -0.1) is 20.4 Å². The fraction of sp³-hybridized carbons (Fsp3) is 0.261. The molecule has 0 aliphatic rings. The molecule has 1 amide bonds. The standard InChI is InChI=1S/C23H20F3N5O2S/c1-13(2)14-6-8-15(9-7-14)21-30-31-22(34-21)27-18(32)10-11-19-28-29-20(33-19)16-4-3-5-17(12-16)23(24,25)26/h3-9,12-13H,10-11H2,1-2H3,(H,27,31,32). The van der Waals surface area contributed by atoms with Gasteiger partial charge in [-0.1, -0.05) is 55.5 Å². The SMILES string of the molecule is CC(C)c1ccc(-c2nnc(NC(=O)CCc3nnc(-c4cccc(C(F)(F)F)c4)o3)s2)cc1. The van der Waals surface area contributed by atoms with E-state index in [2.05, 4.69) is 39.6 Å². The zero-order valence-corrected chi connectivity index (χ0v) is 19.1. The lowest BCUT2D eigenvalue weighted by Gasteiger charge is -2.06. The second-order valence-electron chi connectivity index (χ2n) is 7.82. The molecule has 2 heterocycles. The van der Waals surface area contributed by atoms with Gasteiger partial charge in [-0.3, -0.25) is 4.79 Å². The minimum absolute atomic E-state index is 0.0300. The van der Waals surface area contributed by atoms with Crippen molar-refractivity contribution in [3.05, 3.63) is 65.5 Å². The summed E-state index contributed by atoms with van der Waals surface area (Å²) in [7, 11) is 0. The molecule has 7 nitrogen and oxygen atoms in total. The van der Waals surface area contributed by atoms with E-state index in [0.29, 0.717) is 16.1 Å². The molecule has 0 aliphatic heterocycles. The number of halogens is 3. The summed E-state index contributed by atoms with van der Waals surface area (Å²) in [6.45, 7) is 4.24. The van der Waals surface area contributed by atoms with Crippen LogP contribution < -0.4 is 5.32 Å². The second-order valence-corrected chi connectivity index (χ2v) is 8.79. The summed E-state index contributed by atoms with van der Waals surface area (Å²) < 4.78 is 44.1. The first-order valence-electron chi connectivity index (χ1n) is 10.4. The molecule has 0 spiro atoms. The van der Waals surface area contributed by atoms with Crippen molar-refractivity contribution < 1.29 is 22.4 Å². The van der Waals surface area contributed by atoms with Crippen LogP contribution >= 0.6 is 11.3 Å². The molecule has 4 aromatic rings. The summed E-state index contributed by atoms with van der Waals surface area (Å²) in [6, 6.07) is 12.6. The first kappa shape index (κ1) is 23.6. The van der Waals surface area contributed by atoms with Crippen LogP contribution in [0.25, 0.3) is 22.0 Å². The fourth-order valence-corrected chi connectivity index (χ4v) is 3.87. The Morgan fingerprint density at radius 3 is 2.50 bits per heavy atom. The number of hydrogen-bond acceptors (Lipinski definition) is 7. The van der Waals surface area contributed by atoms with Crippen LogP contribution in [0.3, 0.4) is 0 Å². The van der Waals surface area contributed by atoms with E-state index < -0.39 is 11.7 Å². The molecular formula is C23H20F3N5O2S. The summed E-state index contributed by atoms with van der Waals surface area (Å²) in [5.74, 6) is 0.208. The van der Waals surface area contributed by atoms with Gasteiger partial charge >= 0.3 is 6.18 Å². The van der Waals surface area contributed by atoms with Gasteiger partial charge in [0.2, 0.25) is 22.8 Å². The second kappa shape index (κ2) is 9.72. The molecule has 2 aromatic carbocycles. The van der Waals surface area contributed by atoms with Gasteiger partial charge in [0.1, 0.15) is 5.01 Å². The number of hydrogen-bond donors (Lipinski definition) is 1. The van der Waals surface area contributed by atoms with Gasteiger partial charge < -0.3 is 9.73 Å². The summed E-state index contributed by atoms with van der Waals surface area (Å²) in [5, 5.41) is 19.5. The van der Waals surface area contributed by atoms with Crippen LogP contribution in [0.1, 0.15) is 43.2 Å². The van der Waals surface area contributed by atoms with E-state index in [4.69, 9.17) is 4.42 Å². The highest BCUT2D eigenvalue weighted by Gasteiger charge is 2.30.